The van der Waals surface area contributed by atoms with E-state index < -0.39 is 17.2 Å². The predicted octanol–water partition coefficient (Wildman–Crippen LogP) is 2.81. The van der Waals surface area contributed by atoms with E-state index >= 15 is 0 Å². The number of rotatable bonds is 6. The van der Waals surface area contributed by atoms with Gasteiger partial charge in [0.05, 0.1) is 16.6 Å². The second-order valence-corrected chi connectivity index (χ2v) is 7.93. The standard InChI is InChI=1S/C23H22N6O3/c1-2-10-28-20-19(22(31)27-23(28)32)17(13-18(26-20)14-7-8-14)21(30)25-15-5-3-6-16(12-15)29-11-4-9-24-29/h3-6,9,11-14H,2,7-8,10H2,1H3,(H,25,30)(H,27,31,32). The van der Waals surface area contributed by atoms with Gasteiger partial charge in [0.25, 0.3) is 11.5 Å². The van der Waals surface area contributed by atoms with Crippen molar-refractivity contribution in [3.05, 3.63) is 80.9 Å². The molecule has 0 atom stereocenters. The molecule has 1 aliphatic carbocycles. The molecule has 3 heterocycles. The maximum absolute atomic E-state index is 13.3. The molecule has 0 radical (unpaired) electrons. The Morgan fingerprint density at radius 2 is 2.06 bits per heavy atom. The van der Waals surface area contributed by atoms with Gasteiger partial charge in [-0.2, -0.15) is 5.10 Å². The Hall–Kier alpha value is -4.01. The molecule has 32 heavy (non-hydrogen) atoms. The zero-order valence-corrected chi connectivity index (χ0v) is 17.5. The molecule has 1 aromatic carbocycles. The summed E-state index contributed by atoms with van der Waals surface area (Å²) in [5.41, 5.74) is 1.46. The summed E-state index contributed by atoms with van der Waals surface area (Å²) in [6.45, 7) is 2.34. The van der Waals surface area contributed by atoms with Crippen LogP contribution in [-0.2, 0) is 6.54 Å². The molecule has 5 rings (SSSR count). The molecular formula is C23H22N6O3. The summed E-state index contributed by atoms with van der Waals surface area (Å²) in [6.07, 6.45) is 6.14. The van der Waals surface area contributed by atoms with Crippen molar-refractivity contribution in [2.75, 3.05) is 5.32 Å². The average molecular weight is 430 g/mol. The lowest BCUT2D eigenvalue weighted by Crippen LogP contribution is -2.32. The zero-order valence-electron chi connectivity index (χ0n) is 17.5. The Morgan fingerprint density at radius 1 is 1.22 bits per heavy atom. The van der Waals surface area contributed by atoms with Crippen molar-refractivity contribution in [1.82, 2.24) is 24.3 Å². The molecule has 2 N–H and O–H groups in total. The van der Waals surface area contributed by atoms with Gasteiger partial charge in [-0.15, -0.1) is 0 Å². The number of benzene rings is 1. The Morgan fingerprint density at radius 3 is 2.78 bits per heavy atom. The number of nitrogens with one attached hydrogen (secondary N) is 2. The fraction of sp³-hybridized carbons (Fsp3) is 0.261. The molecule has 4 aromatic rings. The minimum Gasteiger partial charge on any atom is -0.322 e. The average Bonchev–Trinajstić information content (AvgIpc) is 3.49. The van der Waals surface area contributed by atoms with Gasteiger partial charge in [0, 0.05) is 36.2 Å². The Balaban J connectivity index is 1.61. The number of carbonyl (C=O) groups excluding carboxylic acids is 1. The van der Waals surface area contributed by atoms with Crippen LogP contribution in [0.2, 0.25) is 0 Å². The van der Waals surface area contributed by atoms with Crippen LogP contribution in [0.1, 0.15) is 48.2 Å². The number of carbonyl (C=O) groups is 1. The monoisotopic (exact) mass is 430 g/mol. The molecule has 0 aliphatic heterocycles. The van der Waals surface area contributed by atoms with Crippen LogP contribution in [0.15, 0.2) is 58.4 Å². The van der Waals surface area contributed by atoms with Crippen LogP contribution in [0.5, 0.6) is 0 Å². The van der Waals surface area contributed by atoms with Crippen molar-refractivity contribution in [1.29, 1.82) is 0 Å². The largest absolute Gasteiger partial charge is 0.329 e. The summed E-state index contributed by atoms with van der Waals surface area (Å²) in [7, 11) is 0. The van der Waals surface area contributed by atoms with Crippen molar-refractivity contribution in [3.8, 4) is 5.69 Å². The van der Waals surface area contributed by atoms with Gasteiger partial charge in [-0.1, -0.05) is 13.0 Å². The number of anilines is 1. The number of hydrogen-bond donors (Lipinski definition) is 2. The Labute approximate surface area is 182 Å². The van der Waals surface area contributed by atoms with Crippen molar-refractivity contribution in [2.24, 2.45) is 0 Å². The van der Waals surface area contributed by atoms with Crippen LogP contribution in [0.3, 0.4) is 0 Å². The van der Waals surface area contributed by atoms with Gasteiger partial charge in [-0.25, -0.2) is 14.5 Å². The number of aromatic amines is 1. The van der Waals surface area contributed by atoms with Crippen LogP contribution in [0, 0.1) is 0 Å². The van der Waals surface area contributed by atoms with E-state index in [0.29, 0.717) is 18.7 Å². The van der Waals surface area contributed by atoms with Crippen LogP contribution in [0.4, 0.5) is 5.69 Å². The molecule has 0 spiro atoms. The minimum absolute atomic E-state index is 0.128. The van der Waals surface area contributed by atoms with Crippen LogP contribution >= 0.6 is 0 Å². The second kappa shape index (κ2) is 7.92. The maximum atomic E-state index is 13.3. The molecular weight excluding hydrogens is 408 g/mol. The van der Waals surface area contributed by atoms with Gasteiger partial charge in [-0.05, 0) is 49.6 Å². The summed E-state index contributed by atoms with van der Waals surface area (Å²) in [5.74, 6) is -0.178. The number of amides is 1. The molecule has 3 aromatic heterocycles. The summed E-state index contributed by atoms with van der Waals surface area (Å²) < 4.78 is 3.13. The van der Waals surface area contributed by atoms with Gasteiger partial charge in [0.15, 0.2) is 5.65 Å². The van der Waals surface area contributed by atoms with Crippen molar-refractivity contribution < 1.29 is 4.79 Å². The first-order chi connectivity index (χ1) is 15.5. The smallest absolute Gasteiger partial charge is 0.322 e. The third-order valence-corrected chi connectivity index (χ3v) is 5.53. The van der Waals surface area contributed by atoms with E-state index in [1.165, 1.54) is 4.57 Å². The fourth-order valence-electron chi connectivity index (χ4n) is 3.84. The molecule has 1 amide bonds. The number of fused-ring (bicyclic) bond motifs is 1. The van der Waals surface area contributed by atoms with Crippen molar-refractivity contribution >= 4 is 22.6 Å². The second-order valence-electron chi connectivity index (χ2n) is 7.93. The number of aromatic nitrogens is 5. The number of H-pyrrole nitrogens is 1. The molecule has 162 valence electrons. The van der Waals surface area contributed by atoms with Crippen LogP contribution in [0.25, 0.3) is 16.7 Å². The van der Waals surface area contributed by atoms with Crippen molar-refractivity contribution in [2.45, 2.75) is 38.6 Å². The lowest BCUT2D eigenvalue weighted by atomic mass is 10.1. The highest BCUT2D eigenvalue weighted by molar-refractivity contribution is 6.12. The molecule has 0 saturated heterocycles. The highest BCUT2D eigenvalue weighted by Gasteiger charge is 2.28. The molecule has 0 bridgehead atoms. The minimum atomic E-state index is -0.609. The summed E-state index contributed by atoms with van der Waals surface area (Å²) in [4.78, 5) is 45.5. The number of hydrogen-bond acceptors (Lipinski definition) is 5. The molecule has 9 heteroatoms. The van der Waals surface area contributed by atoms with E-state index in [-0.39, 0.29) is 22.5 Å². The first-order valence-electron chi connectivity index (χ1n) is 10.6. The van der Waals surface area contributed by atoms with E-state index in [1.807, 2.05) is 31.3 Å². The lowest BCUT2D eigenvalue weighted by Gasteiger charge is -2.13. The number of nitrogens with zero attached hydrogens (tertiary/aromatic N) is 4. The molecule has 1 saturated carbocycles. The van der Waals surface area contributed by atoms with E-state index in [9.17, 15) is 14.4 Å². The number of aryl methyl sites for hydroxylation is 1. The Bertz CT molecular complexity index is 1430. The third-order valence-electron chi connectivity index (χ3n) is 5.53. The van der Waals surface area contributed by atoms with Crippen molar-refractivity contribution in [3.63, 3.8) is 0 Å². The first-order valence-corrected chi connectivity index (χ1v) is 10.6. The molecule has 9 nitrogen and oxygen atoms in total. The summed E-state index contributed by atoms with van der Waals surface area (Å²) in [5, 5.41) is 7.22. The first kappa shape index (κ1) is 19.9. The van der Waals surface area contributed by atoms with E-state index in [0.717, 1.165) is 24.2 Å². The summed E-state index contributed by atoms with van der Waals surface area (Å²) >= 11 is 0. The van der Waals surface area contributed by atoms with Gasteiger partial charge in [0.2, 0.25) is 0 Å². The van der Waals surface area contributed by atoms with E-state index in [4.69, 9.17) is 0 Å². The van der Waals surface area contributed by atoms with E-state index in [1.54, 1.807) is 29.1 Å². The predicted molar refractivity (Wildman–Crippen MR) is 120 cm³/mol. The SMILES string of the molecule is CCCn1c(=O)[nH]c(=O)c2c(C(=O)Nc3cccc(-n4cccn4)c3)cc(C3CC3)nc21. The lowest BCUT2D eigenvalue weighted by molar-refractivity contribution is 0.102. The topological polar surface area (TPSA) is 115 Å². The van der Waals surface area contributed by atoms with Crippen LogP contribution in [-0.4, -0.2) is 30.2 Å². The van der Waals surface area contributed by atoms with Gasteiger partial charge in [-0.3, -0.25) is 19.1 Å². The quantitative estimate of drug-likeness (QED) is 0.488. The Kier molecular flexibility index (Phi) is 4.93. The summed E-state index contributed by atoms with van der Waals surface area (Å²) in [6, 6.07) is 10.8. The molecule has 1 aliphatic rings. The van der Waals surface area contributed by atoms with Gasteiger partial charge in [0.1, 0.15) is 0 Å². The molecule has 1 fully saturated rings. The zero-order chi connectivity index (χ0) is 22.2. The van der Waals surface area contributed by atoms with E-state index in [2.05, 4.69) is 20.4 Å². The van der Waals surface area contributed by atoms with Gasteiger partial charge < -0.3 is 5.32 Å². The van der Waals surface area contributed by atoms with Crippen LogP contribution < -0.4 is 16.6 Å². The normalized spacial score (nSPS) is 13.4. The molecule has 0 unspecified atom stereocenters. The number of pyridine rings is 1. The fourth-order valence-corrected chi connectivity index (χ4v) is 3.84. The van der Waals surface area contributed by atoms with Gasteiger partial charge >= 0.3 is 5.69 Å². The highest BCUT2D eigenvalue weighted by Crippen LogP contribution is 2.40. The third kappa shape index (κ3) is 3.62. The highest BCUT2D eigenvalue weighted by atomic mass is 16.2. The maximum Gasteiger partial charge on any atom is 0.329 e.